The summed E-state index contributed by atoms with van der Waals surface area (Å²) in [5.74, 6) is 0.860. The first-order valence-corrected chi connectivity index (χ1v) is 12.6. The van der Waals surface area contributed by atoms with Crippen molar-refractivity contribution in [3.05, 3.63) is 65.2 Å². The Kier molecular flexibility index (Phi) is 6.48. The lowest BCUT2D eigenvalue weighted by atomic mass is 10.1. The molecule has 31 heavy (non-hydrogen) atoms. The highest BCUT2D eigenvalue weighted by atomic mass is 32.2. The first-order chi connectivity index (χ1) is 15.0. The van der Waals surface area contributed by atoms with Gasteiger partial charge in [0.2, 0.25) is 0 Å². The Bertz CT molecular complexity index is 1120. The molecule has 1 aliphatic heterocycles. The summed E-state index contributed by atoms with van der Waals surface area (Å²) in [5.41, 5.74) is 2.28. The number of hydrogen-bond acceptors (Lipinski definition) is 7. The average Bonchev–Trinajstić information content (AvgIpc) is 3.27. The summed E-state index contributed by atoms with van der Waals surface area (Å²) in [6, 6.07) is 15.2. The van der Waals surface area contributed by atoms with Crippen LogP contribution in [0.3, 0.4) is 0 Å². The predicted octanol–water partition coefficient (Wildman–Crippen LogP) is 4.19. The van der Waals surface area contributed by atoms with E-state index >= 15 is 0 Å². The summed E-state index contributed by atoms with van der Waals surface area (Å²) in [6.07, 6.45) is 1.91. The molecule has 0 radical (unpaired) electrons. The molecule has 164 valence electrons. The summed E-state index contributed by atoms with van der Waals surface area (Å²) in [7, 11) is -0.518. The van der Waals surface area contributed by atoms with Crippen molar-refractivity contribution < 1.29 is 17.9 Å². The fourth-order valence-electron chi connectivity index (χ4n) is 3.87. The Morgan fingerprint density at radius 3 is 2.48 bits per heavy atom. The summed E-state index contributed by atoms with van der Waals surface area (Å²) >= 11 is 1.62. The summed E-state index contributed by atoms with van der Waals surface area (Å²) < 4.78 is 37.2. The van der Waals surface area contributed by atoms with Gasteiger partial charge < -0.3 is 14.4 Å². The maximum absolute atomic E-state index is 13.3. The van der Waals surface area contributed by atoms with Crippen LogP contribution in [0.2, 0.25) is 0 Å². The summed E-state index contributed by atoms with van der Waals surface area (Å²) in [4.78, 5) is 7.17. The molecule has 8 heteroatoms. The van der Waals surface area contributed by atoms with Crippen LogP contribution in [0.25, 0.3) is 0 Å². The minimum Gasteiger partial charge on any atom is -0.497 e. The highest BCUT2D eigenvalue weighted by Crippen LogP contribution is 2.35. The van der Waals surface area contributed by atoms with Crippen molar-refractivity contribution in [3.63, 3.8) is 0 Å². The maximum Gasteiger partial charge on any atom is 0.185 e. The molecular formula is C23H26N2O4S2. The van der Waals surface area contributed by atoms with Crippen LogP contribution in [0.1, 0.15) is 24.1 Å². The fraction of sp³-hybridized carbons (Fsp3) is 0.348. The summed E-state index contributed by atoms with van der Waals surface area (Å²) in [5, 5.41) is 2.60. The monoisotopic (exact) mass is 458 g/mol. The Morgan fingerprint density at radius 1 is 1.06 bits per heavy atom. The van der Waals surface area contributed by atoms with Crippen molar-refractivity contribution in [1.29, 1.82) is 0 Å². The number of sulfone groups is 1. The molecule has 4 rings (SSSR count). The third kappa shape index (κ3) is 4.70. The number of methoxy groups -OCH3 is 2. The topological polar surface area (TPSA) is 68.7 Å². The molecule has 0 saturated carbocycles. The molecule has 2 aromatic carbocycles. The van der Waals surface area contributed by atoms with Crippen LogP contribution in [0.5, 0.6) is 11.5 Å². The van der Waals surface area contributed by atoms with Crippen molar-refractivity contribution in [3.8, 4) is 11.5 Å². The lowest BCUT2D eigenvalue weighted by molar-refractivity contribution is 0.391. The van der Waals surface area contributed by atoms with E-state index in [9.17, 15) is 8.42 Å². The Morgan fingerprint density at radius 2 is 1.81 bits per heavy atom. The van der Waals surface area contributed by atoms with Crippen LogP contribution in [0.15, 0.2) is 58.8 Å². The molecule has 6 nitrogen and oxygen atoms in total. The van der Waals surface area contributed by atoms with Crippen LogP contribution in [0, 0.1) is 0 Å². The van der Waals surface area contributed by atoms with E-state index in [4.69, 9.17) is 14.5 Å². The maximum atomic E-state index is 13.3. The zero-order valence-electron chi connectivity index (χ0n) is 17.7. The standard InChI is InChI=1S/C23H26N2O4S2/c1-28-19-8-9-21(29-2)22(15-19)31(26,27)20-10-12-25(13-11-20)23-24-18(16-30-23)14-17-6-4-3-5-7-17/h3-9,15-16,20H,10-14H2,1-2H3. The first kappa shape index (κ1) is 21.6. The number of aromatic nitrogens is 1. The second-order valence-corrected chi connectivity index (χ2v) is 10.6. The van der Waals surface area contributed by atoms with Gasteiger partial charge in [0.15, 0.2) is 15.0 Å². The molecule has 1 aliphatic rings. The molecule has 1 fully saturated rings. The van der Waals surface area contributed by atoms with Crippen molar-refractivity contribution in [2.24, 2.45) is 0 Å². The van der Waals surface area contributed by atoms with Crippen molar-refractivity contribution >= 4 is 26.3 Å². The van der Waals surface area contributed by atoms with E-state index in [0.717, 1.165) is 17.2 Å². The van der Waals surface area contributed by atoms with Gasteiger partial charge in [-0.2, -0.15) is 0 Å². The molecule has 0 spiro atoms. The Labute approximate surface area is 187 Å². The minimum absolute atomic E-state index is 0.201. The lowest BCUT2D eigenvalue weighted by Gasteiger charge is -2.31. The fourth-order valence-corrected chi connectivity index (χ4v) is 6.65. The molecular weight excluding hydrogens is 432 g/mol. The summed E-state index contributed by atoms with van der Waals surface area (Å²) in [6.45, 7) is 1.32. The van der Waals surface area contributed by atoms with Crippen LogP contribution in [0.4, 0.5) is 5.13 Å². The number of nitrogens with zero attached hydrogens (tertiary/aromatic N) is 2. The quantitative estimate of drug-likeness (QED) is 0.529. The second kappa shape index (κ2) is 9.28. The largest absolute Gasteiger partial charge is 0.497 e. The molecule has 0 atom stereocenters. The first-order valence-electron chi connectivity index (χ1n) is 10.2. The van der Waals surface area contributed by atoms with Gasteiger partial charge in [0.25, 0.3) is 0 Å². The average molecular weight is 459 g/mol. The molecule has 0 aliphatic carbocycles. The third-order valence-corrected chi connectivity index (χ3v) is 8.83. The van der Waals surface area contributed by atoms with E-state index < -0.39 is 15.1 Å². The lowest BCUT2D eigenvalue weighted by Crippen LogP contribution is -2.39. The molecule has 1 aromatic heterocycles. The number of rotatable bonds is 7. The Balaban J connectivity index is 1.44. The van der Waals surface area contributed by atoms with Gasteiger partial charge in [-0.1, -0.05) is 30.3 Å². The van der Waals surface area contributed by atoms with Gasteiger partial charge in [0.05, 0.1) is 25.2 Å². The van der Waals surface area contributed by atoms with Crippen LogP contribution in [-0.2, 0) is 16.3 Å². The van der Waals surface area contributed by atoms with E-state index in [2.05, 4.69) is 22.4 Å². The molecule has 1 saturated heterocycles. The predicted molar refractivity (Wildman–Crippen MR) is 123 cm³/mol. The van der Waals surface area contributed by atoms with Gasteiger partial charge in [-0.15, -0.1) is 11.3 Å². The number of thiazole rings is 1. The highest BCUT2D eigenvalue weighted by molar-refractivity contribution is 7.92. The normalized spacial score (nSPS) is 15.1. The molecule has 2 heterocycles. The number of anilines is 1. The number of benzene rings is 2. The van der Waals surface area contributed by atoms with E-state index in [0.29, 0.717) is 37.4 Å². The molecule has 0 N–H and O–H groups in total. The van der Waals surface area contributed by atoms with E-state index in [1.54, 1.807) is 29.5 Å². The second-order valence-electron chi connectivity index (χ2n) is 7.53. The SMILES string of the molecule is COc1ccc(OC)c(S(=O)(=O)C2CCN(c3nc(Cc4ccccc4)cs3)CC2)c1. The third-order valence-electron chi connectivity index (χ3n) is 5.60. The molecule has 0 unspecified atom stereocenters. The highest BCUT2D eigenvalue weighted by Gasteiger charge is 2.34. The van der Waals surface area contributed by atoms with Crippen molar-refractivity contribution in [2.45, 2.75) is 29.4 Å². The molecule has 0 bridgehead atoms. The van der Waals surface area contributed by atoms with Gasteiger partial charge in [-0.3, -0.25) is 0 Å². The smallest absolute Gasteiger partial charge is 0.185 e. The van der Waals surface area contributed by atoms with Crippen LogP contribution >= 0.6 is 11.3 Å². The van der Waals surface area contributed by atoms with Crippen molar-refractivity contribution in [1.82, 2.24) is 4.98 Å². The number of ether oxygens (including phenoxy) is 2. The number of piperidine rings is 1. The van der Waals surface area contributed by atoms with Crippen molar-refractivity contribution in [2.75, 3.05) is 32.2 Å². The van der Waals surface area contributed by atoms with Crippen LogP contribution < -0.4 is 14.4 Å². The zero-order chi connectivity index (χ0) is 21.8. The van der Waals surface area contributed by atoms with Crippen LogP contribution in [-0.4, -0.2) is 46.0 Å². The number of hydrogen-bond donors (Lipinski definition) is 0. The minimum atomic E-state index is -3.53. The van der Waals surface area contributed by atoms with E-state index in [1.807, 2.05) is 18.2 Å². The Hall–Kier alpha value is -2.58. The molecule has 3 aromatic rings. The van der Waals surface area contributed by atoms with E-state index in [1.165, 1.54) is 19.8 Å². The zero-order valence-corrected chi connectivity index (χ0v) is 19.3. The van der Waals surface area contributed by atoms with Gasteiger partial charge in [0.1, 0.15) is 16.4 Å². The van der Waals surface area contributed by atoms with Gasteiger partial charge in [-0.05, 0) is 30.5 Å². The van der Waals surface area contributed by atoms with Gasteiger partial charge >= 0.3 is 0 Å². The molecule has 0 amide bonds. The van der Waals surface area contributed by atoms with Gasteiger partial charge in [0, 0.05) is 31.0 Å². The van der Waals surface area contributed by atoms with Gasteiger partial charge in [-0.25, -0.2) is 13.4 Å². The van der Waals surface area contributed by atoms with E-state index in [-0.39, 0.29) is 4.90 Å².